The first-order valence-corrected chi connectivity index (χ1v) is 22.2. The standard InChI is InChI=1S/C55H62/c1-4-7-9-13-31-55(32-14-10-8-5-2)51-16-12-11-15-49(51)50-34-46(25-30-52(50)55)45-21-19-43(20-22-45)44-23-28-48(29-24-44)54-37-41-33-42(38-54)36-53(35-41,39-54)47-26-17-40(6-3)18-27-47/h6,11-12,15-30,34,41-42H,3-5,7-10,13-14,31-33,35-39H2,1-2H3. The van der Waals surface area contributed by atoms with Crippen molar-refractivity contribution in [1.82, 2.24) is 0 Å². The molecule has 282 valence electrons. The van der Waals surface area contributed by atoms with E-state index in [1.807, 2.05) is 6.08 Å². The van der Waals surface area contributed by atoms with Crippen molar-refractivity contribution in [2.45, 2.75) is 133 Å². The van der Waals surface area contributed by atoms with Crippen LogP contribution < -0.4 is 0 Å². The maximum atomic E-state index is 4.00. The summed E-state index contributed by atoms with van der Waals surface area (Å²) in [6.45, 7) is 8.65. The summed E-state index contributed by atoms with van der Waals surface area (Å²) < 4.78 is 0. The Kier molecular flexibility index (Phi) is 9.99. The number of hydrogen-bond donors (Lipinski definition) is 0. The highest BCUT2D eigenvalue weighted by molar-refractivity contribution is 5.85. The fraction of sp³-hybridized carbons (Fsp3) is 0.418. The summed E-state index contributed by atoms with van der Waals surface area (Å²) >= 11 is 0. The van der Waals surface area contributed by atoms with E-state index in [1.54, 1.807) is 22.3 Å². The highest BCUT2D eigenvalue weighted by Crippen LogP contribution is 2.66. The minimum atomic E-state index is 0.149. The molecule has 55 heavy (non-hydrogen) atoms. The average molecular weight is 723 g/mol. The molecule has 4 bridgehead atoms. The van der Waals surface area contributed by atoms with Gasteiger partial charge in [0.2, 0.25) is 0 Å². The predicted molar refractivity (Wildman–Crippen MR) is 236 cm³/mol. The Morgan fingerprint density at radius 1 is 0.527 bits per heavy atom. The van der Waals surface area contributed by atoms with E-state index >= 15 is 0 Å². The molecule has 4 saturated carbocycles. The van der Waals surface area contributed by atoms with Gasteiger partial charge in [-0.2, -0.15) is 0 Å². The molecule has 5 aliphatic carbocycles. The summed E-state index contributed by atoms with van der Waals surface area (Å²) in [6, 6.07) is 45.5. The van der Waals surface area contributed by atoms with Crippen LogP contribution in [0.3, 0.4) is 0 Å². The Morgan fingerprint density at radius 2 is 1.02 bits per heavy atom. The van der Waals surface area contributed by atoms with Gasteiger partial charge in [0.25, 0.3) is 0 Å². The first kappa shape index (κ1) is 36.5. The predicted octanol–water partition coefficient (Wildman–Crippen LogP) is 15.7. The molecule has 5 aliphatic rings. The topological polar surface area (TPSA) is 0 Å². The molecule has 0 nitrogen and oxygen atoms in total. The molecule has 0 heteroatoms. The molecule has 0 radical (unpaired) electrons. The molecule has 4 fully saturated rings. The van der Waals surface area contributed by atoms with Gasteiger partial charge in [-0.1, -0.05) is 187 Å². The third-order valence-corrected chi connectivity index (χ3v) is 15.1. The van der Waals surface area contributed by atoms with Crippen LogP contribution in [0.25, 0.3) is 39.5 Å². The van der Waals surface area contributed by atoms with Crippen LogP contribution in [0.4, 0.5) is 0 Å². The molecule has 5 aromatic carbocycles. The normalized spacial score (nSPS) is 24.1. The zero-order valence-electron chi connectivity index (χ0n) is 33.7. The van der Waals surface area contributed by atoms with E-state index in [2.05, 4.69) is 136 Å². The van der Waals surface area contributed by atoms with E-state index in [9.17, 15) is 0 Å². The second-order valence-corrected chi connectivity index (χ2v) is 18.5. The number of hydrogen-bond acceptors (Lipinski definition) is 0. The molecule has 0 aliphatic heterocycles. The summed E-state index contributed by atoms with van der Waals surface area (Å²) in [5.74, 6) is 1.71. The lowest BCUT2D eigenvalue weighted by Crippen LogP contribution is -2.55. The summed E-state index contributed by atoms with van der Waals surface area (Å²) in [5, 5.41) is 0. The lowest BCUT2D eigenvalue weighted by molar-refractivity contribution is -0.0281. The smallest absolute Gasteiger partial charge is 0.0215 e. The summed E-state index contributed by atoms with van der Waals surface area (Å²) in [4.78, 5) is 0. The van der Waals surface area contributed by atoms with Crippen LogP contribution in [0, 0.1) is 11.8 Å². The Balaban J connectivity index is 0.963. The van der Waals surface area contributed by atoms with Crippen molar-refractivity contribution >= 4 is 6.08 Å². The minimum absolute atomic E-state index is 0.149. The van der Waals surface area contributed by atoms with Gasteiger partial charge in [-0.25, -0.2) is 0 Å². The van der Waals surface area contributed by atoms with Gasteiger partial charge in [0.05, 0.1) is 0 Å². The van der Waals surface area contributed by atoms with E-state index in [4.69, 9.17) is 0 Å². The molecule has 5 aromatic rings. The number of fused-ring (bicyclic) bond motifs is 3. The van der Waals surface area contributed by atoms with Gasteiger partial charge in [0.1, 0.15) is 0 Å². The Labute approximate surface area is 332 Å². The van der Waals surface area contributed by atoms with Crippen LogP contribution in [0.15, 0.2) is 122 Å². The minimum Gasteiger partial charge on any atom is -0.0985 e. The van der Waals surface area contributed by atoms with E-state index in [-0.39, 0.29) is 5.41 Å². The Bertz CT molecular complexity index is 2080. The van der Waals surface area contributed by atoms with Crippen molar-refractivity contribution in [3.05, 3.63) is 150 Å². The van der Waals surface area contributed by atoms with Gasteiger partial charge >= 0.3 is 0 Å². The number of unbranched alkanes of at least 4 members (excludes halogenated alkanes) is 6. The van der Waals surface area contributed by atoms with E-state index in [0.717, 1.165) is 11.8 Å². The molecule has 0 aromatic heterocycles. The third kappa shape index (κ3) is 6.56. The molecule has 0 N–H and O–H groups in total. The van der Waals surface area contributed by atoms with Crippen LogP contribution in [0.2, 0.25) is 0 Å². The zero-order chi connectivity index (χ0) is 37.5. The van der Waals surface area contributed by atoms with E-state index in [1.165, 1.54) is 142 Å². The molecular weight excluding hydrogens is 661 g/mol. The zero-order valence-corrected chi connectivity index (χ0v) is 33.7. The molecule has 0 saturated heterocycles. The van der Waals surface area contributed by atoms with Crippen molar-refractivity contribution in [3.63, 3.8) is 0 Å². The van der Waals surface area contributed by atoms with Crippen molar-refractivity contribution < 1.29 is 0 Å². The van der Waals surface area contributed by atoms with Crippen molar-refractivity contribution in [1.29, 1.82) is 0 Å². The lowest BCUT2D eigenvalue weighted by atomic mass is 9.41. The van der Waals surface area contributed by atoms with E-state index < -0.39 is 0 Å². The van der Waals surface area contributed by atoms with Crippen LogP contribution in [-0.2, 0) is 16.2 Å². The second kappa shape index (κ2) is 15.1. The largest absolute Gasteiger partial charge is 0.0985 e. The first-order valence-electron chi connectivity index (χ1n) is 22.2. The van der Waals surface area contributed by atoms with Crippen LogP contribution in [0.1, 0.15) is 144 Å². The summed E-state index contributed by atoms with van der Waals surface area (Å²) in [6.07, 6.45) is 23.3. The highest BCUT2D eigenvalue weighted by Gasteiger charge is 2.58. The fourth-order valence-electron chi connectivity index (χ4n) is 12.8. The van der Waals surface area contributed by atoms with Gasteiger partial charge in [-0.05, 0) is 141 Å². The molecule has 0 amide bonds. The van der Waals surface area contributed by atoms with Gasteiger partial charge < -0.3 is 0 Å². The third-order valence-electron chi connectivity index (χ3n) is 15.1. The molecule has 2 unspecified atom stereocenters. The SMILES string of the molecule is C=Cc1ccc(C23CC4CC(C2)CC(c2ccc(-c5ccc(-c6ccc7c(c6)-c6ccccc6C7(CCCCCC)CCCCCC)cc5)cc2)(C4)C3)cc1. The molecule has 0 heterocycles. The van der Waals surface area contributed by atoms with Crippen LogP contribution >= 0.6 is 0 Å². The van der Waals surface area contributed by atoms with Crippen molar-refractivity contribution in [3.8, 4) is 33.4 Å². The molecule has 2 atom stereocenters. The van der Waals surface area contributed by atoms with Gasteiger partial charge in [-0.15, -0.1) is 0 Å². The van der Waals surface area contributed by atoms with Crippen LogP contribution in [0.5, 0.6) is 0 Å². The van der Waals surface area contributed by atoms with Gasteiger partial charge in [0, 0.05) is 5.41 Å². The monoisotopic (exact) mass is 722 g/mol. The highest BCUT2D eigenvalue weighted by atomic mass is 14.6. The average Bonchev–Trinajstić information content (AvgIpc) is 3.49. The fourth-order valence-corrected chi connectivity index (χ4v) is 12.8. The molecule has 10 rings (SSSR count). The van der Waals surface area contributed by atoms with Crippen molar-refractivity contribution in [2.75, 3.05) is 0 Å². The summed E-state index contributed by atoms with van der Waals surface area (Å²) in [5.41, 5.74) is 16.6. The first-order chi connectivity index (χ1) is 27.0. The molecule has 0 spiro atoms. The Hall–Kier alpha value is -4.16. The van der Waals surface area contributed by atoms with Gasteiger partial charge in [0.15, 0.2) is 0 Å². The van der Waals surface area contributed by atoms with E-state index in [0.29, 0.717) is 10.8 Å². The Morgan fingerprint density at radius 3 is 1.58 bits per heavy atom. The second-order valence-electron chi connectivity index (χ2n) is 18.5. The van der Waals surface area contributed by atoms with Crippen LogP contribution in [-0.4, -0.2) is 0 Å². The quantitative estimate of drug-likeness (QED) is 0.0944. The number of benzene rings is 5. The number of rotatable bonds is 15. The van der Waals surface area contributed by atoms with Crippen molar-refractivity contribution in [2.24, 2.45) is 11.8 Å². The lowest BCUT2D eigenvalue weighted by Gasteiger charge is -2.63. The van der Waals surface area contributed by atoms with Gasteiger partial charge in [-0.3, -0.25) is 0 Å². The summed E-state index contributed by atoms with van der Waals surface area (Å²) in [7, 11) is 0. The maximum Gasteiger partial charge on any atom is 0.0215 e. The maximum absolute atomic E-state index is 4.00. The molecular formula is C55H62.